The average Bonchev–Trinajstić information content (AvgIpc) is 3.71. The molecule has 2 atom stereocenters. The van der Waals surface area contributed by atoms with Crippen molar-refractivity contribution >= 4 is 64.2 Å². The lowest BCUT2D eigenvalue weighted by Gasteiger charge is -2.30. The van der Waals surface area contributed by atoms with E-state index in [-0.39, 0.29) is 19.7 Å². The first kappa shape index (κ1) is 53.2. The van der Waals surface area contributed by atoms with E-state index in [2.05, 4.69) is 26.6 Å². The van der Waals surface area contributed by atoms with Crippen LogP contribution < -0.4 is 36.4 Å². The molecular weight excluding hydrogens is 935 g/mol. The Morgan fingerprint density at radius 2 is 0.890 bits per heavy atom. The highest BCUT2D eigenvalue weighted by Gasteiger charge is 2.55. The number of carbonyl (C=O) groups excluding carboxylic acids is 6. The van der Waals surface area contributed by atoms with Crippen LogP contribution in [0.15, 0.2) is 121 Å². The highest BCUT2D eigenvalue weighted by molar-refractivity contribution is 6.13. The van der Waals surface area contributed by atoms with Gasteiger partial charge in [0.25, 0.3) is 11.8 Å². The first-order chi connectivity index (χ1) is 35.2. The van der Waals surface area contributed by atoms with E-state index in [1.54, 1.807) is 97.1 Å². The Morgan fingerprint density at radius 3 is 1.32 bits per heavy atom. The van der Waals surface area contributed by atoms with Gasteiger partial charge in [-0.05, 0) is 95.6 Å². The van der Waals surface area contributed by atoms with Gasteiger partial charge >= 0.3 is 18.0 Å². The highest BCUT2D eigenvalue weighted by Crippen LogP contribution is 2.44. The molecule has 0 spiro atoms. The summed E-state index contributed by atoms with van der Waals surface area (Å²) in [5.74, 6) is -2.49. The number of nitrogens with one attached hydrogen (secondary N) is 5. The number of rotatable bonds is 23. The number of para-hydroxylation sites is 2. The molecule has 0 bridgehead atoms. The normalized spacial score (nSPS) is 16.8. The standard InChI is InChI=1S/C55H63N7O11/c1-7-69-48(70-8-2)33-61-44-17-13-11-15-42(44)54(50(61)65,59-52(67)57-40-25-19-36(5)20-26-40)31-46(63)56-39-29-23-38(24-30-39)35-73-47(64)32-55(60-53(68)58-41-27-21-37(6)22-28-41)43-16-12-14-18-45(43)62(51(55)66)34-49(71-9-3)72-10-4/h11-30,48-49H,7-10,31-35H2,1-6H3,(H,56,63)(H2,57,59,67)(H2,58,60,68)/t54-,55?/m1/s1. The van der Waals surface area contributed by atoms with Gasteiger partial charge in [-0.15, -0.1) is 0 Å². The molecule has 2 aliphatic heterocycles. The lowest BCUT2D eigenvalue weighted by Crippen LogP contribution is -2.56. The van der Waals surface area contributed by atoms with Gasteiger partial charge in [0.1, 0.15) is 6.61 Å². The fraction of sp³-hybridized carbons (Fsp3) is 0.345. The summed E-state index contributed by atoms with van der Waals surface area (Å²) in [4.78, 5) is 88.0. The second-order valence-electron chi connectivity index (χ2n) is 17.5. The zero-order valence-corrected chi connectivity index (χ0v) is 42.0. The SMILES string of the molecule is CCOC(CN1C(=O)C(CC(=O)OCc2ccc(NC(=O)C[C@]3(NC(=O)Nc4ccc(C)cc4)C(=O)N(CC(OCC)OCC)c4ccccc43)cc2)(NC(=O)Nc2ccc(C)cc2)c2ccccc21)OCC. The zero-order chi connectivity index (χ0) is 52.1. The summed E-state index contributed by atoms with van der Waals surface area (Å²) < 4.78 is 29.0. The Morgan fingerprint density at radius 1 is 0.507 bits per heavy atom. The van der Waals surface area contributed by atoms with Gasteiger partial charge in [0.15, 0.2) is 23.7 Å². The molecule has 2 heterocycles. The second-order valence-corrected chi connectivity index (χ2v) is 17.5. The Kier molecular flexibility index (Phi) is 17.6. The van der Waals surface area contributed by atoms with Crippen molar-refractivity contribution in [2.45, 2.75) is 84.6 Å². The molecule has 18 heteroatoms. The van der Waals surface area contributed by atoms with E-state index in [0.29, 0.717) is 71.6 Å². The van der Waals surface area contributed by atoms with Crippen LogP contribution in [0.25, 0.3) is 0 Å². The summed E-state index contributed by atoms with van der Waals surface area (Å²) in [5, 5.41) is 14.1. The Balaban J connectivity index is 1.07. The number of hydrogen-bond acceptors (Lipinski definition) is 11. The molecule has 18 nitrogen and oxygen atoms in total. The molecule has 5 aromatic carbocycles. The summed E-state index contributed by atoms with van der Waals surface area (Å²) >= 11 is 0. The average molecular weight is 998 g/mol. The molecule has 0 saturated carbocycles. The summed E-state index contributed by atoms with van der Waals surface area (Å²) in [7, 11) is 0. The number of ether oxygens (including phenoxy) is 5. The van der Waals surface area contributed by atoms with Crippen molar-refractivity contribution in [3.8, 4) is 0 Å². The van der Waals surface area contributed by atoms with E-state index in [0.717, 1.165) is 11.1 Å². The molecule has 0 saturated heterocycles. The monoisotopic (exact) mass is 997 g/mol. The van der Waals surface area contributed by atoms with Crippen LogP contribution in [0.3, 0.4) is 0 Å². The number of amides is 7. The Labute approximate surface area is 425 Å². The number of fused-ring (bicyclic) bond motifs is 2. The van der Waals surface area contributed by atoms with E-state index in [9.17, 15) is 28.8 Å². The maximum absolute atomic E-state index is 14.8. The van der Waals surface area contributed by atoms with Crippen molar-refractivity contribution in [1.29, 1.82) is 0 Å². The predicted octanol–water partition coefficient (Wildman–Crippen LogP) is 7.99. The second kappa shape index (κ2) is 24.2. The summed E-state index contributed by atoms with van der Waals surface area (Å²) in [6, 6.07) is 33.2. The van der Waals surface area contributed by atoms with Gasteiger partial charge in [-0.3, -0.25) is 19.2 Å². The molecule has 7 rings (SSSR count). The molecule has 7 amide bonds. The minimum atomic E-state index is -1.88. The fourth-order valence-electron chi connectivity index (χ4n) is 8.98. The van der Waals surface area contributed by atoms with Gasteiger partial charge in [-0.2, -0.15) is 0 Å². The van der Waals surface area contributed by atoms with Crippen molar-refractivity contribution in [2.75, 3.05) is 65.3 Å². The van der Waals surface area contributed by atoms with Crippen LogP contribution in [0.1, 0.15) is 68.4 Å². The smallest absolute Gasteiger partial charge is 0.320 e. The summed E-state index contributed by atoms with van der Waals surface area (Å²) in [5.41, 5.74) is 1.90. The van der Waals surface area contributed by atoms with Gasteiger partial charge in [0.2, 0.25) is 5.91 Å². The molecule has 0 aromatic heterocycles. The van der Waals surface area contributed by atoms with Gasteiger partial charge in [0, 0.05) is 54.6 Å². The molecule has 0 radical (unpaired) electrons. The largest absolute Gasteiger partial charge is 0.461 e. The molecule has 1 unspecified atom stereocenters. The Bertz CT molecular complexity index is 2740. The molecule has 73 heavy (non-hydrogen) atoms. The first-order valence-corrected chi connectivity index (χ1v) is 24.4. The summed E-state index contributed by atoms with van der Waals surface area (Å²) in [6.07, 6.45) is -2.60. The van der Waals surface area contributed by atoms with Gasteiger partial charge < -0.3 is 60.1 Å². The van der Waals surface area contributed by atoms with Crippen LogP contribution in [0.4, 0.5) is 38.0 Å². The van der Waals surface area contributed by atoms with Crippen LogP contribution in [0.5, 0.6) is 0 Å². The molecule has 5 N–H and O–H groups in total. The van der Waals surface area contributed by atoms with Crippen molar-refractivity contribution in [3.63, 3.8) is 0 Å². The number of aryl methyl sites for hydroxylation is 2. The number of hydrogen-bond donors (Lipinski definition) is 5. The number of nitrogens with zero attached hydrogens (tertiary/aromatic N) is 2. The van der Waals surface area contributed by atoms with Crippen LogP contribution >= 0.6 is 0 Å². The number of esters is 1. The lowest BCUT2D eigenvalue weighted by atomic mass is 9.87. The van der Waals surface area contributed by atoms with E-state index < -0.39 is 72.3 Å². The van der Waals surface area contributed by atoms with Gasteiger partial charge in [-0.25, -0.2) is 9.59 Å². The van der Waals surface area contributed by atoms with Crippen LogP contribution in [-0.4, -0.2) is 87.9 Å². The van der Waals surface area contributed by atoms with Crippen molar-refractivity contribution in [3.05, 3.63) is 149 Å². The van der Waals surface area contributed by atoms with E-state index in [1.165, 1.54) is 9.80 Å². The molecule has 384 valence electrons. The minimum absolute atomic E-state index is 0.000453. The highest BCUT2D eigenvalue weighted by atomic mass is 16.7. The van der Waals surface area contributed by atoms with E-state index in [4.69, 9.17) is 23.7 Å². The maximum atomic E-state index is 14.8. The van der Waals surface area contributed by atoms with Gasteiger partial charge in [-0.1, -0.05) is 83.9 Å². The van der Waals surface area contributed by atoms with E-state index >= 15 is 0 Å². The quantitative estimate of drug-likeness (QED) is 0.0312. The topological polar surface area (TPSA) is 215 Å². The summed E-state index contributed by atoms with van der Waals surface area (Å²) in [6.45, 7) is 12.2. The van der Waals surface area contributed by atoms with Crippen LogP contribution in [0.2, 0.25) is 0 Å². The number of urea groups is 2. The van der Waals surface area contributed by atoms with Crippen molar-refractivity contribution in [2.24, 2.45) is 0 Å². The molecule has 2 aliphatic rings. The third kappa shape index (κ3) is 12.5. The van der Waals surface area contributed by atoms with E-state index in [1.807, 2.05) is 65.8 Å². The third-order valence-electron chi connectivity index (χ3n) is 12.3. The third-order valence-corrected chi connectivity index (χ3v) is 12.3. The van der Waals surface area contributed by atoms with Crippen LogP contribution in [0, 0.1) is 13.8 Å². The first-order valence-electron chi connectivity index (χ1n) is 24.4. The zero-order valence-electron chi connectivity index (χ0n) is 42.0. The minimum Gasteiger partial charge on any atom is -0.461 e. The molecular formula is C55H63N7O11. The molecule has 0 aliphatic carbocycles. The van der Waals surface area contributed by atoms with Crippen molar-refractivity contribution in [1.82, 2.24) is 10.6 Å². The number of benzene rings is 5. The Hall–Kier alpha value is -7.64. The van der Waals surface area contributed by atoms with Gasteiger partial charge in [0.05, 0.1) is 37.3 Å². The number of carbonyl (C=O) groups is 6. The number of anilines is 5. The fourth-order valence-corrected chi connectivity index (χ4v) is 8.98. The molecule has 0 fully saturated rings. The predicted molar refractivity (Wildman–Crippen MR) is 276 cm³/mol. The molecule has 5 aromatic rings. The van der Waals surface area contributed by atoms with Crippen LogP contribution in [-0.2, 0) is 60.5 Å². The lowest BCUT2D eigenvalue weighted by molar-refractivity contribution is -0.149. The maximum Gasteiger partial charge on any atom is 0.320 e. The van der Waals surface area contributed by atoms with Crippen molar-refractivity contribution < 1.29 is 52.5 Å².